The third-order valence-corrected chi connectivity index (χ3v) is 2.68. The molecular formula is C6H9N3S. The molecule has 0 fully saturated rings. The van der Waals surface area contributed by atoms with Gasteiger partial charge in [-0.1, -0.05) is 0 Å². The summed E-state index contributed by atoms with van der Waals surface area (Å²) in [4.78, 5) is 0. The molecule has 0 radical (unpaired) electrons. The van der Waals surface area contributed by atoms with E-state index in [2.05, 4.69) is 5.10 Å². The SMILES string of the molecule is NC1CSCc2ccnn21. The van der Waals surface area contributed by atoms with Gasteiger partial charge in [0.05, 0.1) is 5.69 Å². The molecule has 54 valence electrons. The molecule has 2 rings (SSSR count). The van der Waals surface area contributed by atoms with Gasteiger partial charge in [-0.3, -0.25) is 4.68 Å². The number of aromatic nitrogens is 2. The van der Waals surface area contributed by atoms with Crippen LogP contribution in [0.4, 0.5) is 0 Å². The van der Waals surface area contributed by atoms with Crippen LogP contribution in [0.3, 0.4) is 0 Å². The summed E-state index contributed by atoms with van der Waals surface area (Å²) in [5.74, 6) is 2.03. The van der Waals surface area contributed by atoms with Crippen LogP contribution in [0, 0.1) is 0 Å². The van der Waals surface area contributed by atoms with E-state index < -0.39 is 0 Å². The van der Waals surface area contributed by atoms with Gasteiger partial charge >= 0.3 is 0 Å². The van der Waals surface area contributed by atoms with Crippen LogP contribution in [0.2, 0.25) is 0 Å². The molecule has 0 bridgehead atoms. The van der Waals surface area contributed by atoms with Crippen molar-refractivity contribution in [3.05, 3.63) is 18.0 Å². The Morgan fingerprint density at radius 2 is 2.70 bits per heavy atom. The van der Waals surface area contributed by atoms with E-state index in [1.54, 1.807) is 6.20 Å². The van der Waals surface area contributed by atoms with Gasteiger partial charge in [0.15, 0.2) is 0 Å². The number of fused-ring (bicyclic) bond motifs is 1. The lowest BCUT2D eigenvalue weighted by molar-refractivity contribution is 0.495. The van der Waals surface area contributed by atoms with Crippen molar-refractivity contribution >= 4 is 11.8 Å². The van der Waals surface area contributed by atoms with Crippen LogP contribution in [0.5, 0.6) is 0 Å². The maximum atomic E-state index is 5.77. The van der Waals surface area contributed by atoms with Gasteiger partial charge in [0, 0.05) is 17.7 Å². The van der Waals surface area contributed by atoms with E-state index in [1.165, 1.54) is 5.69 Å². The molecule has 2 N–H and O–H groups in total. The molecule has 0 aromatic carbocycles. The van der Waals surface area contributed by atoms with E-state index in [1.807, 2.05) is 22.5 Å². The molecule has 1 unspecified atom stereocenters. The predicted octanol–water partition coefficient (Wildman–Crippen LogP) is 0.587. The molecule has 1 aromatic heterocycles. The first-order chi connectivity index (χ1) is 4.88. The molecule has 0 amide bonds. The minimum absolute atomic E-state index is 0.0868. The fourth-order valence-corrected chi connectivity index (χ4v) is 2.05. The fraction of sp³-hybridized carbons (Fsp3) is 0.500. The third kappa shape index (κ3) is 0.839. The van der Waals surface area contributed by atoms with E-state index in [4.69, 9.17) is 5.73 Å². The van der Waals surface area contributed by atoms with Crippen LogP contribution in [0.15, 0.2) is 12.3 Å². The number of hydrogen-bond acceptors (Lipinski definition) is 3. The van der Waals surface area contributed by atoms with Crippen LogP contribution in [-0.2, 0) is 5.75 Å². The van der Waals surface area contributed by atoms with Gasteiger partial charge in [0.2, 0.25) is 0 Å². The maximum Gasteiger partial charge on any atom is 0.108 e. The highest BCUT2D eigenvalue weighted by Gasteiger charge is 2.15. The summed E-state index contributed by atoms with van der Waals surface area (Å²) in [6.45, 7) is 0. The molecule has 0 saturated carbocycles. The smallest absolute Gasteiger partial charge is 0.108 e. The number of rotatable bonds is 0. The standard InChI is InChI=1S/C6H9N3S/c7-6-4-10-3-5-1-2-8-9(5)6/h1-2,6H,3-4,7H2. The average Bonchev–Trinajstić information content (AvgIpc) is 2.36. The second kappa shape index (κ2) is 2.29. The van der Waals surface area contributed by atoms with Gasteiger partial charge in [-0.2, -0.15) is 16.9 Å². The van der Waals surface area contributed by atoms with Gasteiger partial charge in [0.1, 0.15) is 6.17 Å². The van der Waals surface area contributed by atoms with Gasteiger partial charge in [0.25, 0.3) is 0 Å². The number of nitrogens with zero attached hydrogens (tertiary/aromatic N) is 2. The van der Waals surface area contributed by atoms with Crippen LogP contribution in [-0.4, -0.2) is 15.5 Å². The topological polar surface area (TPSA) is 43.8 Å². The van der Waals surface area contributed by atoms with Crippen LogP contribution < -0.4 is 5.73 Å². The molecule has 1 aliphatic rings. The monoisotopic (exact) mass is 155 g/mol. The van der Waals surface area contributed by atoms with E-state index in [9.17, 15) is 0 Å². The normalized spacial score (nSPS) is 24.3. The lowest BCUT2D eigenvalue weighted by atomic mass is 10.4. The van der Waals surface area contributed by atoms with Crippen molar-refractivity contribution in [2.45, 2.75) is 11.9 Å². The molecule has 2 heterocycles. The first-order valence-corrected chi connectivity index (χ1v) is 4.39. The Labute approximate surface area is 63.6 Å². The van der Waals surface area contributed by atoms with Gasteiger partial charge in [-0.05, 0) is 6.07 Å². The summed E-state index contributed by atoms with van der Waals surface area (Å²) < 4.78 is 1.90. The van der Waals surface area contributed by atoms with E-state index in [0.717, 1.165) is 11.5 Å². The molecule has 1 aliphatic heterocycles. The molecule has 10 heavy (non-hydrogen) atoms. The quantitative estimate of drug-likeness (QED) is 0.596. The Morgan fingerprint density at radius 3 is 3.50 bits per heavy atom. The number of thioether (sulfide) groups is 1. The zero-order valence-electron chi connectivity index (χ0n) is 5.53. The Bertz CT molecular complexity index is 233. The zero-order valence-corrected chi connectivity index (χ0v) is 6.34. The van der Waals surface area contributed by atoms with Crippen molar-refractivity contribution in [1.82, 2.24) is 9.78 Å². The molecule has 1 aromatic rings. The fourth-order valence-electron chi connectivity index (χ4n) is 1.11. The van der Waals surface area contributed by atoms with Crippen molar-refractivity contribution in [3.8, 4) is 0 Å². The lowest BCUT2D eigenvalue weighted by Crippen LogP contribution is -2.26. The van der Waals surface area contributed by atoms with Crippen LogP contribution in [0.25, 0.3) is 0 Å². The summed E-state index contributed by atoms with van der Waals surface area (Å²) in [7, 11) is 0. The molecule has 1 atom stereocenters. The molecule has 3 nitrogen and oxygen atoms in total. The number of nitrogens with two attached hydrogens (primary N) is 1. The largest absolute Gasteiger partial charge is 0.309 e. The Morgan fingerprint density at radius 1 is 1.80 bits per heavy atom. The second-order valence-electron chi connectivity index (χ2n) is 2.35. The van der Waals surface area contributed by atoms with Crippen LogP contribution in [0.1, 0.15) is 11.9 Å². The van der Waals surface area contributed by atoms with Crippen molar-refractivity contribution in [2.24, 2.45) is 5.73 Å². The molecule has 4 heteroatoms. The van der Waals surface area contributed by atoms with Crippen molar-refractivity contribution < 1.29 is 0 Å². The molecular weight excluding hydrogens is 146 g/mol. The summed E-state index contributed by atoms with van der Waals surface area (Å²) in [5.41, 5.74) is 7.01. The van der Waals surface area contributed by atoms with E-state index >= 15 is 0 Å². The predicted molar refractivity (Wildman–Crippen MR) is 41.6 cm³/mol. The maximum absolute atomic E-state index is 5.77. The average molecular weight is 155 g/mol. The minimum atomic E-state index is 0.0868. The van der Waals surface area contributed by atoms with Crippen molar-refractivity contribution in [1.29, 1.82) is 0 Å². The highest BCUT2D eigenvalue weighted by Crippen LogP contribution is 2.22. The lowest BCUT2D eigenvalue weighted by Gasteiger charge is -2.19. The first-order valence-electron chi connectivity index (χ1n) is 3.23. The summed E-state index contributed by atoms with van der Waals surface area (Å²) in [6.07, 6.45) is 1.89. The summed E-state index contributed by atoms with van der Waals surface area (Å²) >= 11 is 1.86. The Kier molecular flexibility index (Phi) is 1.43. The molecule has 0 aliphatic carbocycles. The van der Waals surface area contributed by atoms with Crippen molar-refractivity contribution in [2.75, 3.05) is 5.75 Å². The number of hydrogen-bond donors (Lipinski definition) is 1. The molecule has 0 saturated heterocycles. The minimum Gasteiger partial charge on any atom is -0.309 e. The first kappa shape index (κ1) is 6.24. The zero-order chi connectivity index (χ0) is 6.97. The van der Waals surface area contributed by atoms with Gasteiger partial charge in [-0.15, -0.1) is 0 Å². The van der Waals surface area contributed by atoms with Crippen LogP contribution >= 0.6 is 11.8 Å². The second-order valence-corrected chi connectivity index (χ2v) is 3.38. The third-order valence-electron chi connectivity index (χ3n) is 1.60. The summed E-state index contributed by atoms with van der Waals surface area (Å²) in [5, 5.41) is 4.12. The summed E-state index contributed by atoms with van der Waals surface area (Å²) in [6, 6.07) is 2.02. The Hall–Kier alpha value is -0.480. The highest BCUT2D eigenvalue weighted by molar-refractivity contribution is 7.98. The van der Waals surface area contributed by atoms with Crippen molar-refractivity contribution in [3.63, 3.8) is 0 Å². The van der Waals surface area contributed by atoms with E-state index in [0.29, 0.717) is 0 Å². The van der Waals surface area contributed by atoms with Gasteiger partial charge < -0.3 is 5.73 Å². The van der Waals surface area contributed by atoms with E-state index in [-0.39, 0.29) is 6.17 Å². The van der Waals surface area contributed by atoms with Gasteiger partial charge in [-0.25, -0.2) is 0 Å². The molecule has 0 spiro atoms. The highest BCUT2D eigenvalue weighted by atomic mass is 32.2. The Balaban J connectivity index is 2.41.